The lowest BCUT2D eigenvalue weighted by Gasteiger charge is -2.12. The third-order valence-electron chi connectivity index (χ3n) is 1.49. The summed E-state index contributed by atoms with van der Waals surface area (Å²) in [6, 6.07) is 0. The minimum Gasteiger partial charge on any atom is -0.306 e. The first-order chi connectivity index (χ1) is 7.83. The van der Waals surface area contributed by atoms with Gasteiger partial charge >= 0.3 is 7.60 Å². The molecule has 0 heterocycles. The van der Waals surface area contributed by atoms with Crippen molar-refractivity contribution in [2.45, 2.75) is 20.3 Å². The maximum absolute atomic E-state index is 11.9. The molecule has 0 spiro atoms. The van der Waals surface area contributed by atoms with Crippen LogP contribution in [0.15, 0.2) is 11.9 Å². The molecule has 6 nitrogen and oxygen atoms in total. The molecule has 0 N–H and O–H groups in total. The quantitative estimate of drug-likeness (QED) is 0.367. The maximum atomic E-state index is 11.9. The average molecular weight is 286 g/mol. The van der Waals surface area contributed by atoms with Crippen LogP contribution in [0.1, 0.15) is 20.3 Å². The Morgan fingerprint density at radius 1 is 1.18 bits per heavy atom. The predicted octanol–water partition coefficient (Wildman–Crippen LogP) is 2.13. The number of rotatable bonds is 9. The predicted molar refractivity (Wildman–Crippen MR) is 65.4 cm³/mol. The molecule has 0 aliphatic carbocycles. The normalized spacial score (nSPS) is 13.4. The molecular formula is C9H19O6PS. The average Bonchev–Trinajstić information content (AvgIpc) is 2.16. The number of hydrogen-bond donors (Lipinski definition) is 0. The number of hydrogen-bond acceptors (Lipinski definition) is 6. The fraction of sp³-hybridized carbons (Fsp3) is 0.778. The van der Waals surface area contributed by atoms with Gasteiger partial charge in [0.2, 0.25) is 0 Å². The van der Waals surface area contributed by atoms with Crippen LogP contribution in [0, 0.1) is 0 Å². The van der Waals surface area contributed by atoms with Crippen molar-refractivity contribution in [3.05, 3.63) is 11.9 Å². The van der Waals surface area contributed by atoms with E-state index >= 15 is 0 Å². The minimum absolute atomic E-state index is 0.00752. The second-order valence-electron chi connectivity index (χ2n) is 3.07. The Morgan fingerprint density at radius 3 is 2.12 bits per heavy atom. The summed E-state index contributed by atoms with van der Waals surface area (Å²) in [6.07, 6.45) is 2.82. The fourth-order valence-electron chi connectivity index (χ4n) is 0.954. The van der Waals surface area contributed by atoms with Gasteiger partial charge in [-0.05, 0) is 20.3 Å². The lowest BCUT2D eigenvalue weighted by molar-refractivity contribution is 0.229. The van der Waals surface area contributed by atoms with E-state index in [2.05, 4.69) is 4.18 Å². The summed E-state index contributed by atoms with van der Waals surface area (Å²) in [5.74, 6) is 1.33. The highest BCUT2D eigenvalue weighted by Gasteiger charge is 2.18. The summed E-state index contributed by atoms with van der Waals surface area (Å²) in [5.41, 5.74) is 0. The minimum atomic E-state index is -3.43. The second-order valence-corrected chi connectivity index (χ2v) is 6.61. The SMILES string of the molecule is CCOP(=O)(/C=C\CCOS(C)(=O)=O)OCC. The Bertz CT molecular complexity index is 365. The topological polar surface area (TPSA) is 78.9 Å². The summed E-state index contributed by atoms with van der Waals surface area (Å²) in [7, 11) is -6.61. The highest BCUT2D eigenvalue weighted by molar-refractivity contribution is 7.85. The first-order valence-corrected chi connectivity index (χ1v) is 8.66. The van der Waals surface area contributed by atoms with Gasteiger partial charge in [0.15, 0.2) is 0 Å². The molecule has 0 saturated carbocycles. The Labute approximate surface area is 103 Å². The van der Waals surface area contributed by atoms with Crippen LogP contribution < -0.4 is 0 Å². The zero-order valence-corrected chi connectivity index (χ0v) is 12.0. The lowest BCUT2D eigenvalue weighted by Crippen LogP contribution is -2.03. The lowest BCUT2D eigenvalue weighted by atomic mass is 10.5. The fourth-order valence-corrected chi connectivity index (χ4v) is 2.73. The van der Waals surface area contributed by atoms with Gasteiger partial charge in [-0.2, -0.15) is 8.42 Å². The van der Waals surface area contributed by atoms with E-state index in [4.69, 9.17) is 9.05 Å². The molecule has 0 bridgehead atoms. The van der Waals surface area contributed by atoms with Crippen LogP contribution in [0.3, 0.4) is 0 Å². The van der Waals surface area contributed by atoms with Crippen LogP contribution in [0.2, 0.25) is 0 Å². The van der Waals surface area contributed by atoms with Crippen molar-refractivity contribution in [1.29, 1.82) is 0 Å². The Hall–Kier alpha value is -0.200. The third-order valence-corrected chi connectivity index (χ3v) is 3.89. The molecular weight excluding hydrogens is 267 g/mol. The van der Waals surface area contributed by atoms with E-state index in [1.165, 1.54) is 11.9 Å². The van der Waals surface area contributed by atoms with Gasteiger partial charge in [0.1, 0.15) is 0 Å². The molecule has 0 fully saturated rings. The van der Waals surface area contributed by atoms with Crippen molar-refractivity contribution < 1.29 is 26.2 Å². The van der Waals surface area contributed by atoms with Gasteiger partial charge in [-0.3, -0.25) is 8.75 Å². The van der Waals surface area contributed by atoms with Crippen LogP contribution in [-0.4, -0.2) is 34.5 Å². The van der Waals surface area contributed by atoms with E-state index in [1.54, 1.807) is 13.8 Å². The molecule has 102 valence electrons. The van der Waals surface area contributed by atoms with Crippen LogP contribution in [0.5, 0.6) is 0 Å². The molecule has 8 heteroatoms. The first kappa shape index (κ1) is 16.8. The molecule has 0 aromatic rings. The van der Waals surface area contributed by atoms with E-state index in [9.17, 15) is 13.0 Å². The molecule has 0 aromatic carbocycles. The van der Waals surface area contributed by atoms with E-state index in [0.29, 0.717) is 6.42 Å². The molecule has 0 aliphatic heterocycles. The molecule has 0 aliphatic rings. The van der Waals surface area contributed by atoms with E-state index in [1.807, 2.05) is 0 Å². The summed E-state index contributed by atoms with van der Waals surface area (Å²) < 4.78 is 47.7. The highest BCUT2D eigenvalue weighted by atomic mass is 32.2. The van der Waals surface area contributed by atoms with Crippen molar-refractivity contribution in [1.82, 2.24) is 0 Å². The Balaban J connectivity index is 4.14. The van der Waals surface area contributed by atoms with Crippen molar-refractivity contribution in [2.24, 2.45) is 0 Å². The van der Waals surface area contributed by atoms with Gasteiger partial charge in [-0.25, -0.2) is 0 Å². The van der Waals surface area contributed by atoms with Crippen molar-refractivity contribution in [2.75, 3.05) is 26.1 Å². The molecule has 0 atom stereocenters. The van der Waals surface area contributed by atoms with E-state index in [-0.39, 0.29) is 19.8 Å². The zero-order valence-electron chi connectivity index (χ0n) is 10.3. The summed E-state index contributed by atoms with van der Waals surface area (Å²) in [5, 5.41) is 0. The van der Waals surface area contributed by atoms with E-state index in [0.717, 1.165) is 6.26 Å². The second kappa shape index (κ2) is 8.00. The summed E-state index contributed by atoms with van der Waals surface area (Å²) in [6.45, 7) is 4.00. The van der Waals surface area contributed by atoms with Gasteiger partial charge in [0, 0.05) is 5.82 Å². The molecule has 0 unspecified atom stereocenters. The summed E-state index contributed by atoms with van der Waals surface area (Å²) >= 11 is 0. The Morgan fingerprint density at radius 2 is 1.71 bits per heavy atom. The molecule has 17 heavy (non-hydrogen) atoms. The Kier molecular flexibility index (Phi) is 7.91. The zero-order chi connectivity index (χ0) is 13.4. The molecule has 0 aromatic heterocycles. The van der Waals surface area contributed by atoms with Crippen LogP contribution in [0.4, 0.5) is 0 Å². The highest BCUT2D eigenvalue weighted by Crippen LogP contribution is 2.49. The standard InChI is InChI=1S/C9H19O6PS/c1-4-13-16(10,14-5-2)9-7-6-8-15-17(3,11)12/h7,9H,4-6,8H2,1-3H3/b9-7-. The summed E-state index contributed by atoms with van der Waals surface area (Å²) in [4.78, 5) is 0. The van der Waals surface area contributed by atoms with Gasteiger partial charge in [-0.1, -0.05) is 6.08 Å². The third kappa shape index (κ3) is 9.50. The van der Waals surface area contributed by atoms with Gasteiger partial charge in [0.25, 0.3) is 10.1 Å². The van der Waals surface area contributed by atoms with Crippen LogP contribution in [-0.2, 0) is 27.9 Å². The monoisotopic (exact) mass is 286 g/mol. The maximum Gasteiger partial charge on any atom is 0.353 e. The molecule has 0 radical (unpaired) electrons. The van der Waals surface area contributed by atoms with Gasteiger partial charge < -0.3 is 9.05 Å². The molecule has 0 saturated heterocycles. The van der Waals surface area contributed by atoms with Gasteiger partial charge in [0.05, 0.1) is 26.1 Å². The van der Waals surface area contributed by atoms with Gasteiger partial charge in [-0.15, -0.1) is 0 Å². The van der Waals surface area contributed by atoms with Crippen molar-refractivity contribution in [3.63, 3.8) is 0 Å². The largest absolute Gasteiger partial charge is 0.353 e. The molecule has 0 amide bonds. The smallest absolute Gasteiger partial charge is 0.306 e. The van der Waals surface area contributed by atoms with Crippen molar-refractivity contribution in [3.8, 4) is 0 Å². The van der Waals surface area contributed by atoms with Crippen molar-refractivity contribution >= 4 is 17.7 Å². The first-order valence-electron chi connectivity index (χ1n) is 5.24. The van der Waals surface area contributed by atoms with Crippen LogP contribution >= 0.6 is 7.60 Å². The molecule has 0 rings (SSSR count). The van der Waals surface area contributed by atoms with E-state index < -0.39 is 17.7 Å². The van der Waals surface area contributed by atoms with Crippen LogP contribution in [0.25, 0.3) is 0 Å².